The van der Waals surface area contributed by atoms with Crippen molar-refractivity contribution < 1.29 is 14.2 Å². The Balaban J connectivity index is 1.25. The van der Waals surface area contributed by atoms with Gasteiger partial charge in [0, 0.05) is 36.2 Å². The maximum absolute atomic E-state index is 5.47. The first-order valence-corrected chi connectivity index (χ1v) is 10.4. The summed E-state index contributed by atoms with van der Waals surface area (Å²) in [6.45, 7) is 3.56. The lowest BCUT2D eigenvalue weighted by Gasteiger charge is -2.28. The van der Waals surface area contributed by atoms with Gasteiger partial charge in [-0.15, -0.1) is 0 Å². The Labute approximate surface area is 183 Å². The molecule has 0 amide bonds. The topological polar surface area (TPSA) is 109 Å². The van der Waals surface area contributed by atoms with Gasteiger partial charge in [-0.05, 0) is 36.4 Å². The number of imidazole rings is 1. The first-order chi connectivity index (χ1) is 15.8. The highest BCUT2D eigenvalue weighted by Crippen LogP contribution is 2.35. The molecule has 1 saturated heterocycles. The number of morpholine rings is 1. The Hall–Kier alpha value is -4.05. The van der Waals surface area contributed by atoms with Crippen molar-refractivity contribution in [2.75, 3.05) is 48.6 Å². The number of nitrogens with zero attached hydrogens (tertiary/aromatic N) is 4. The summed E-state index contributed by atoms with van der Waals surface area (Å²) in [6.07, 6.45) is 1.60. The molecule has 0 unspecified atom stereocenters. The fraction of sp³-hybridized carbons (Fsp3) is 0.227. The van der Waals surface area contributed by atoms with Gasteiger partial charge in [-0.2, -0.15) is 9.97 Å². The Morgan fingerprint density at radius 1 is 0.875 bits per heavy atom. The predicted molar refractivity (Wildman–Crippen MR) is 120 cm³/mol. The number of rotatable bonds is 5. The molecule has 0 radical (unpaired) electrons. The van der Waals surface area contributed by atoms with Gasteiger partial charge in [0.2, 0.25) is 12.7 Å². The third-order valence-corrected chi connectivity index (χ3v) is 5.42. The second-order valence-electron chi connectivity index (χ2n) is 7.46. The molecule has 0 spiro atoms. The van der Waals surface area contributed by atoms with Crippen LogP contribution < -0.4 is 25.0 Å². The lowest BCUT2D eigenvalue weighted by Crippen LogP contribution is -2.36. The van der Waals surface area contributed by atoms with E-state index in [1.807, 2.05) is 30.3 Å². The molecule has 10 heteroatoms. The first kappa shape index (κ1) is 18.7. The molecule has 2 aromatic carbocycles. The van der Waals surface area contributed by atoms with E-state index in [2.05, 4.69) is 47.6 Å². The van der Waals surface area contributed by atoms with Gasteiger partial charge >= 0.3 is 0 Å². The van der Waals surface area contributed by atoms with E-state index in [-0.39, 0.29) is 6.79 Å². The number of hydrogen-bond acceptors (Lipinski definition) is 9. The summed E-state index contributed by atoms with van der Waals surface area (Å²) in [4.78, 5) is 18.9. The molecule has 0 aliphatic carbocycles. The van der Waals surface area contributed by atoms with Crippen LogP contribution in [0, 0.1) is 0 Å². The van der Waals surface area contributed by atoms with Crippen LogP contribution in [-0.2, 0) is 4.74 Å². The Morgan fingerprint density at radius 3 is 2.56 bits per heavy atom. The van der Waals surface area contributed by atoms with E-state index in [4.69, 9.17) is 14.2 Å². The number of ether oxygens (including phenoxy) is 3. The van der Waals surface area contributed by atoms with Crippen LogP contribution in [0.1, 0.15) is 0 Å². The quantitative estimate of drug-likeness (QED) is 0.438. The average molecular weight is 431 g/mol. The van der Waals surface area contributed by atoms with Crippen LogP contribution >= 0.6 is 0 Å². The smallest absolute Gasteiger partial charge is 0.231 e. The van der Waals surface area contributed by atoms with Crippen molar-refractivity contribution in [3.8, 4) is 11.5 Å². The van der Waals surface area contributed by atoms with Gasteiger partial charge < -0.3 is 34.7 Å². The molecule has 0 bridgehead atoms. The van der Waals surface area contributed by atoms with E-state index in [0.29, 0.717) is 23.2 Å². The lowest BCUT2D eigenvalue weighted by molar-refractivity contribution is 0.122. The SMILES string of the molecule is c1nc2nc(Nc3ccc(N4CCOCC4)cc3)nc(Nc3ccc4c(c3)OCO4)c2[nH]1. The third kappa shape index (κ3) is 3.60. The zero-order valence-electron chi connectivity index (χ0n) is 17.2. The molecule has 2 aliphatic heterocycles. The maximum atomic E-state index is 5.47. The van der Waals surface area contributed by atoms with Gasteiger partial charge in [0.15, 0.2) is 23.0 Å². The minimum absolute atomic E-state index is 0.232. The van der Waals surface area contributed by atoms with Crippen molar-refractivity contribution in [2.45, 2.75) is 0 Å². The fourth-order valence-electron chi connectivity index (χ4n) is 3.80. The van der Waals surface area contributed by atoms with Gasteiger partial charge in [0.25, 0.3) is 0 Å². The lowest BCUT2D eigenvalue weighted by atomic mass is 10.2. The summed E-state index contributed by atoms with van der Waals surface area (Å²) < 4.78 is 16.3. The Bertz CT molecular complexity index is 1250. The van der Waals surface area contributed by atoms with Crippen LogP contribution in [0.15, 0.2) is 48.8 Å². The third-order valence-electron chi connectivity index (χ3n) is 5.42. The summed E-state index contributed by atoms with van der Waals surface area (Å²) in [6, 6.07) is 13.9. The van der Waals surface area contributed by atoms with E-state index in [1.165, 1.54) is 5.69 Å². The highest BCUT2D eigenvalue weighted by atomic mass is 16.7. The van der Waals surface area contributed by atoms with Crippen molar-refractivity contribution in [2.24, 2.45) is 0 Å². The molecule has 32 heavy (non-hydrogen) atoms. The summed E-state index contributed by atoms with van der Waals surface area (Å²) in [5, 5.41) is 6.60. The second kappa shape index (κ2) is 7.89. The van der Waals surface area contributed by atoms with E-state index >= 15 is 0 Å². The number of H-pyrrole nitrogens is 1. The largest absolute Gasteiger partial charge is 0.454 e. The number of fused-ring (bicyclic) bond motifs is 2. The van der Waals surface area contributed by atoms with Crippen molar-refractivity contribution in [1.82, 2.24) is 19.9 Å². The highest BCUT2D eigenvalue weighted by Gasteiger charge is 2.16. The van der Waals surface area contributed by atoms with Crippen LogP contribution in [0.2, 0.25) is 0 Å². The molecule has 162 valence electrons. The normalized spacial score (nSPS) is 15.2. The summed E-state index contributed by atoms with van der Waals surface area (Å²) >= 11 is 0. The average Bonchev–Trinajstić information content (AvgIpc) is 3.49. The molecule has 10 nitrogen and oxygen atoms in total. The molecule has 4 heterocycles. The molecule has 4 aromatic rings. The predicted octanol–water partition coefficient (Wildman–Crippen LogP) is 3.41. The van der Waals surface area contributed by atoms with Gasteiger partial charge in [-0.1, -0.05) is 0 Å². The fourth-order valence-corrected chi connectivity index (χ4v) is 3.80. The van der Waals surface area contributed by atoms with Crippen LogP contribution in [0.3, 0.4) is 0 Å². The van der Waals surface area contributed by atoms with Crippen LogP contribution in [-0.4, -0.2) is 53.0 Å². The molecular formula is C22H21N7O3. The second-order valence-corrected chi connectivity index (χ2v) is 7.46. The molecule has 0 atom stereocenters. The summed E-state index contributed by atoms with van der Waals surface area (Å²) in [5.74, 6) is 2.49. The van der Waals surface area contributed by atoms with Gasteiger partial charge in [0.1, 0.15) is 5.52 Å². The number of aromatic nitrogens is 4. The minimum atomic E-state index is 0.232. The molecule has 2 aliphatic rings. The van der Waals surface area contributed by atoms with E-state index in [1.54, 1.807) is 6.33 Å². The number of nitrogens with one attached hydrogen (secondary N) is 3. The maximum Gasteiger partial charge on any atom is 0.231 e. The molecule has 1 fully saturated rings. The van der Waals surface area contributed by atoms with Crippen LogP contribution in [0.5, 0.6) is 11.5 Å². The van der Waals surface area contributed by atoms with Crippen LogP contribution in [0.25, 0.3) is 11.2 Å². The van der Waals surface area contributed by atoms with Crippen molar-refractivity contribution in [1.29, 1.82) is 0 Å². The summed E-state index contributed by atoms with van der Waals surface area (Å²) in [7, 11) is 0. The van der Waals surface area contributed by atoms with E-state index < -0.39 is 0 Å². The van der Waals surface area contributed by atoms with E-state index in [0.717, 1.165) is 48.9 Å². The minimum Gasteiger partial charge on any atom is -0.454 e. The van der Waals surface area contributed by atoms with Crippen molar-refractivity contribution in [3.05, 3.63) is 48.8 Å². The zero-order valence-corrected chi connectivity index (χ0v) is 17.2. The van der Waals surface area contributed by atoms with Gasteiger partial charge in [0.05, 0.1) is 19.5 Å². The molecule has 2 aromatic heterocycles. The number of hydrogen-bond donors (Lipinski definition) is 3. The first-order valence-electron chi connectivity index (χ1n) is 10.4. The highest BCUT2D eigenvalue weighted by molar-refractivity contribution is 5.86. The Kier molecular flexibility index (Phi) is 4.61. The van der Waals surface area contributed by atoms with Gasteiger partial charge in [-0.3, -0.25) is 0 Å². The molecule has 6 rings (SSSR count). The monoisotopic (exact) mass is 431 g/mol. The number of anilines is 5. The number of benzene rings is 2. The molecular weight excluding hydrogens is 410 g/mol. The van der Waals surface area contributed by atoms with Gasteiger partial charge in [-0.25, -0.2) is 4.98 Å². The zero-order chi connectivity index (χ0) is 21.3. The molecule has 3 N–H and O–H groups in total. The standard InChI is InChI=1S/C22H21N7O3/c1-4-16(29-7-9-30-10-8-29)5-2-14(1)26-22-27-20-19(23-12-24-20)21(28-22)25-15-3-6-17-18(11-15)32-13-31-17/h1-6,11-12H,7-10,13H2,(H3,23,24,25,26,27,28). The van der Waals surface area contributed by atoms with Crippen molar-refractivity contribution in [3.63, 3.8) is 0 Å². The van der Waals surface area contributed by atoms with E-state index in [9.17, 15) is 0 Å². The Morgan fingerprint density at radius 2 is 1.69 bits per heavy atom. The molecule has 0 saturated carbocycles. The summed E-state index contributed by atoms with van der Waals surface area (Å²) in [5.41, 5.74) is 4.18. The number of aromatic amines is 1. The van der Waals surface area contributed by atoms with Crippen molar-refractivity contribution >= 4 is 40.0 Å². The van der Waals surface area contributed by atoms with Crippen LogP contribution in [0.4, 0.5) is 28.8 Å².